The highest BCUT2D eigenvalue weighted by atomic mass is 32.2. The maximum atomic E-state index is 13.9. The summed E-state index contributed by atoms with van der Waals surface area (Å²) in [6.45, 7) is 2.11. The molecule has 3 amide bonds. The van der Waals surface area contributed by atoms with Crippen molar-refractivity contribution >= 4 is 27.7 Å². The number of nitrogens with zero attached hydrogens (tertiary/aromatic N) is 2. The number of carbonyl (C=O) groups excluding carboxylic acids is 3. The molecule has 0 bridgehead atoms. The first kappa shape index (κ1) is 29.5. The average molecular weight is 588 g/mol. The Hall–Kier alpha value is -3.98. The summed E-state index contributed by atoms with van der Waals surface area (Å²) in [7, 11) is -3.96. The monoisotopic (exact) mass is 587 g/mol. The molecule has 1 fully saturated rings. The molecule has 1 atom stereocenters. The topological polar surface area (TPSA) is 104 Å². The fraction of sp³-hybridized carbons (Fsp3) is 0.364. The predicted octanol–water partition coefficient (Wildman–Crippen LogP) is 4.62. The van der Waals surface area contributed by atoms with E-state index in [1.165, 1.54) is 12.1 Å². The number of amides is 3. The lowest BCUT2D eigenvalue weighted by Crippen LogP contribution is -2.52. The fourth-order valence-corrected chi connectivity index (χ4v) is 7.51. The molecule has 1 N–H and O–H groups in total. The molecule has 2 aliphatic rings. The summed E-state index contributed by atoms with van der Waals surface area (Å²) >= 11 is 0. The van der Waals surface area contributed by atoms with E-state index in [9.17, 15) is 22.8 Å². The molecule has 1 heterocycles. The van der Waals surface area contributed by atoms with E-state index < -0.39 is 22.0 Å². The summed E-state index contributed by atoms with van der Waals surface area (Å²) in [6.07, 6.45) is 4.48. The largest absolute Gasteiger partial charge is 0.352 e. The Labute approximate surface area is 247 Å². The highest BCUT2D eigenvalue weighted by Gasteiger charge is 2.40. The Balaban J connectivity index is 1.37. The number of carbonyl (C=O) groups is 3. The Kier molecular flexibility index (Phi) is 9.06. The molecule has 8 nitrogen and oxygen atoms in total. The lowest BCUT2D eigenvalue weighted by molar-refractivity contribution is -0.141. The van der Waals surface area contributed by atoms with Crippen molar-refractivity contribution in [2.24, 2.45) is 0 Å². The lowest BCUT2D eigenvalue weighted by atomic mass is 10.0. The number of hydrogen-bond acceptors (Lipinski definition) is 5. The van der Waals surface area contributed by atoms with Crippen molar-refractivity contribution in [2.75, 3.05) is 6.54 Å². The summed E-state index contributed by atoms with van der Waals surface area (Å²) in [5.41, 5.74) is 3.05. The van der Waals surface area contributed by atoms with E-state index in [4.69, 9.17) is 0 Å². The SMILES string of the molecule is Cc1cccc(CN(C(=O)CCCN2C(=O)c3ccccc3S2(=O)=O)[C@@H](Cc2ccccc2)C(=O)NC2CCCC2)c1. The van der Waals surface area contributed by atoms with Crippen LogP contribution >= 0.6 is 0 Å². The molecule has 3 aromatic carbocycles. The van der Waals surface area contributed by atoms with Crippen molar-refractivity contribution in [1.29, 1.82) is 0 Å². The molecule has 1 saturated carbocycles. The molecule has 5 rings (SSSR count). The van der Waals surface area contributed by atoms with Gasteiger partial charge in [-0.3, -0.25) is 14.4 Å². The van der Waals surface area contributed by atoms with Crippen LogP contribution in [0.15, 0.2) is 83.8 Å². The molecule has 42 heavy (non-hydrogen) atoms. The molecule has 0 saturated heterocycles. The molecule has 9 heteroatoms. The summed E-state index contributed by atoms with van der Waals surface area (Å²) < 4.78 is 26.9. The third kappa shape index (κ3) is 6.57. The average Bonchev–Trinajstić information content (AvgIpc) is 3.56. The van der Waals surface area contributed by atoms with Gasteiger partial charge in [0.1, 0.15) is 10.9 Å². The minimum Gasteiger partial charge on any atom is -0.352 e. The van der Waals surface area contributed by atoms with Crippen molar-refractivity contribution in [3.63, 3.8) is 0 Å². The molecule has 0 radical (unpaired) electrons. The quantitative estimate of drug-likeness (QED) is 0.353. The van der Waals surface area contributed by atoms with E-state index in [1.54, 1.807) is 17.0 Å². The Morgan fingerprint density at radius 3 is 2.36 bits per heavy atom. The van der Waals surface area contributed by atoms with Gasteiger partial charge < -0.3 is 10.2 Å². The van der Waals surface area contributed by atoms with Crippen LogP contribution in [0, 0.1) is 6.92 Å². The van der Waals surface area contributed by atoms with Gasteiger partial charge in [-0.05, 0) is 49.4 Å². The number of benzene rings is 3. The van der Waals surface area contributed by atoms with Crippen LogP contribution in [0.4, 0.5) is 0 Å². The van der Waals surface area contributed by atoms with Crippen molar-refractivity contribution in [2.45, 2.75) is 75.4 Å². The smallest absolute Gasteiger partial charge is 0.269 e. The number of nitrogens with one attached hydrogen (secondary N) is 1. The molecule has 0 aromatic heterocycles. The summed E-state index contributed by atoms with van der Waals surface area (Å²) in [6, 6.07) is 23.0. The van der Waals surface area contributed by atoms with Gasteiger partial charge in [0.2, 0.25) is 11.8 Å². The molecule has 3 aromatic rings. The molecule has 1 aliphatic heterocycles. The lowest BCUT2D eigenvalue weighted by Gasteiger charge is -2.32. The number of rotatable bonds is 11. The van der Waals surface area contributed by atoms with Crippen molar-refractivity contribution in [3.05, 3.63) is 101 Å². The van der Waals surface area contributed by atoms with Crippen molar-refractivity contribution in [1.82, 2.24) is 14.5 Å². The highest BCUT2D eigenvalue weighted by molar-refractivity contribution is 7.90. The van der Waals surface area contributed by atoms with Gasteiger partial charge in [0, 0.05) is 32.0 Å². The second-order valence-electron chi connectivity index (χ2n) is 11.2. The number of hydrogen-bond donors (Lipinski definition) is 1. The molecular formula is C33H37N3O5S. The second-order valence-corrected chi connectivity index (χ2v) is 13.0. The van der Waals surface area contributed by atoms with Crippen LogP contribution in [-0.2, 0) is 32.6 Å². The molecule has 1 aliphatic carbocycles. The van der Waals surface area contributed by atoms with E-state index in [0.29, 0.717) is 6.42 Å². The maximum absolute atomic E-state index is 13.9. The zero-order valence-electron chi connectivity index (χ0n) is 23.9. The van der Waals surface area contributed by atoms with Crippen LogP contribution < -0.4 is 5.32 Å². The third-order valence-corrected chi connectivity index (χ3v) is 9.91. The van der Waals surface area contributed by atoms with Crippen LogP contribution in [0.5, 0.6) is 0 Å². The summed E-state index contributed by atoms with van der Waals surface area (Å²) in [5.74, 6) is -1.02. The van der Waals surface area contributed by atoms with Gasteiger partial charge in [0.15, 0.2) is 0 Å². The van der Waals surface area contributed by atoms with Gasteiger partial charge in [-0.15, -0.1) is 0 Å². The first-order valence-corrected chi connectivity index (χ1v) is 16.0. The number of fused-ring (bicyclic) bond motifs is 1. The van der Waals surface area contributed by atoms with E-state index in [2.05, 4.69) is 5.32 Å². The van der Waals surface area contributed by atoms with Crippen LogP contribution in [-0.4, -0.2) is 54.0 Å². The maximum Gasteiger partial charge on any atom is 0.269 e. The summed E-state index contributed by atoms with van der Waals surface area (Å²) in [4.78, 5) is 42.2. The molecule has 0 spiro atoms. The van der Waals surface area contributed by atoms with Crippen LogP contribution in [0.25, 0.3) is 0 Å². The normalized spacial score (nSPS) is 16.7. The number of sulfonamides is 1. The third-order valence-electron chi connectivity index (χ3n) is 8.07. The van der Waals surface area contributed by atoms with Gasteiger partial charge in [-0.2, -0.15) is 0 Å². The number of aryl methyl sites for hydroxylation is 1. The van der Waals surface area contributed by atoms with Crippen LogP contribution in [0.1, 0.15) is 65.6 Å². The van der Waals surface area contributed by atoms with Gasteiger partial charge in [0.25, 0.3) is 15.9 Å². The first-order chi connectivity index (χ1) is 20.2. The zero-order valence-corrected chi connectivity index (χ0v) is 24.7. The Bertz CT molecular complexity index is 1550. The minimum absolute atomic E-state index is 0.00564. The predicted molar refractivity (Wildman–Crippen MR) is 160 cm³/mol. The van der Waals surface area contributed by atoms with Crippen molar-refractivity contribution < 1.29 is 22.8 Å². The van der Waals surface area contributed by atoms with E-state index in [-0.39, 0.29) is 54.2 Å². The highest BCUT2D eigenvalue weighted by Crippen LogP contribution is 2.30. The van der Waals surface area contributed by atoms with Gasteiger partial charge in [-0.25, -0.2) is 12.7 Å². The standard InChI is InChI=1S/C33H37N3O5S/c1-24-11-9-14-26(21-24)23-35(29(22-25-12-3-2-4-13-25)32(38)34-27-15-5-6-16-27)31(37)19-10-20-36-33(39)28-17-7-8-18-30(28)42(36,40)41/h2-4,7-9,11-14,17-18,21,27,29H,5-6,10,15-16,19-20,22-23H2,1H3,(H,34,38)/t29-/m0/s1. The Morgan fingerprint density at radius 2 is 1.64 bits per heavy atom. The first-order valence-electron chi connectivity index (χ1n) is 14.6. The van der Waals surface area contributed by atoms with E-state index >= 15 is 0 Å². The van der Waals surface area contributed by atoms with Gasteiger partial charge >= 0.3 is 0 Å². The molecule has 220 valence electrons. The van der Waals surface area contributed by atoms with E-state index in [0.717, 1.165) is 46.7 Å². The van der Waals surface area contributed by atoms with Gasteiger partial charge in [0.05, 0.1) is 5.56 Å². The second kappa shape index (κ2) is 12.9. The molecule has 0 unspecified atom stereocenters. The van der Waals surface area contributed by atoms with Crippen molar-refractivity contribution in [3.8, 4) is 0 Å². The van der Waals surface area contributed by atoms with E-state index in [1.807, 2.05) is 61.5 Å². The van der Waals surface area contributed by atoms with Crippen LogP contribution in [0.2, 0.25) is 0 Å². The Morgan fingerprint density at radius 1 is 0.952 bits per heavy atom. The van der Waals surface area contributed by atoms with Crippen LogP contribution in [0.3, 0.4) is 0 Å². The van der Waals surface area contributed by atoms with Gasteiger partial charge in [-0.1, -0.05) is 85.1 Å². The fourth-order valence-electron chi connectivity index (χ4n) is 5.90. The minimum atomic E-state index is -3.96. The molecular weight excluding hydrogens is 550 g/mol. The summed E-state index contributed by atoms with van der Waals surface area (Å²) in [5, 5.41) is 3.19. The zero-order chi connectivity index (χ0) is 29.7.